The Morgan fingerprint density at radius 3 is 2.55 bits per heavy atom. The van der Waals surface area contributed by atoms with Crippen LogP contribution in [-0.2, 0) is 37.5 Å². The molecule has 0 radical (unpaired) electrons. The van der Waals surface area contributed by atoms with Gasteiger partial charge in [0.05, 0.1) is 11.8 Å². The van der Waals surface area contributed by atoms with Crippen LogP contribution >= 0.6 is 0 Å². The first-order chi connectivity index (χ1) is 16.0. The highest BCUT2D eigenvalue weighted by Gasteiger charge is 2.70. The Kier molecular flexibility index (Phi) is 5.54. The highest BCUT2D eigenvalue weighted by atomic mass is 16.5. The van der Waals surface area contributed by atoms with E-state index in [0.29, 0.717) is 26.0 Å². The first-order valence-electron chi connectivity index (χ1n) is 11.6. The molecule has 2 N–H and O–H groups in total. The van der Waals surface area contributed by atoms with Crippen LogP contribution in [0.1, 0.15) is 30.0 Å². The Balaban J connectivity index is 1.59. The lowest BCUT2D eigenvalue weighted by molar-refractivity contribution is -0.143. The lowest BCUT2D eigenvalue weighted by Crippen LogP contribution is -2.53. The van der Waals surface area contributed by atoms with E-state index < -0.39 is 17.4 Å². The maximum atomic E-state index is 13.7. The van der Waals surface area contributed by atoms with Gasteiger partial charge >= 0.3 is 0 Å². The molecule has 0 saturated carbocycles. The Hall–Kier alpha value is -3.03. The standard InChI is InChI=1S/C26H29N3O4/c1-3-17-11-7-12-18-22(17)27-25(32)26(18)21-20(19(28-26)15-16-9-5-4-6-10-16)23(30)29(24(21)31)13-8-14-33-2/h4-7,9-12,19-21,28H,3,8,13-15H2,1-2H3,(H,27,32). The van der Waals surface area contributed by atoms with Gasteiger partial charge in [0.15, 0.2) is 0 Å². The third-order valence-electron chi connectivity index (χ3n) is 7.34. The smallest absolute Gasteiger partial charge is 0.250 e. The molecule has 0 aliphatic carbocycles. The molecule has 1 spiro atoms. The lowest BCUT2D eigenvalue weighted by atomic mass is 9.76. The van der Waals surface area contributed by atoms with E-state index in [1.807, 2.05) is 55.5 Å². The van der Waals surface area contributed by atoms with Gasteiger partial charge in [-0.3, -0.25) is 24.6 Å². The Bertz CT molecular complexity index is 1100. The molecule has 7 nitrogen and oxygen atoms in total. The molecule has 2 fully saturated rings. The number of carbonyl (C=O) groups excluding carboxylic acids is 3. The molecule has 3 aliphatic heterocycles. The van der Waals surface area contributed by atoms with Crippen molar-refractivity contribution in [2.75, 3.05) is 25.6 Å². The fraction of sp³-hybridized carbons (Fsp3) is 0.423. The zero-order chi connectivity index (χ0) is 23.2. The second kappa shape index (κ2) is 8.39. The van der Waals surface area contributed by atoms with E-state index in [0.717, 1.165) is 28.8 Å². The van der Waals surface area contributed by atoms with Crippen LogP contribution in [0.5, 0.6) is 0 Å². The van der Waals surface area contributed by atoms with Gasteiger partial charge in [0.1, 0.15) is 5.54 Å². The molecule has 4 atom stereocenters. The number of imide groups is 1. The SMILES string of the molecule is CCc1cccc2c1NC(=O)C21NC(Cc2ccccc2)C2C(=O)N(CCCOC)C(=O)C21. The average molecular weight is 448 g/mol. The number of ether oxygens (including phenoxy) is 1. The number of nitrogens with one attached hydrogen (secondary N) is 2. The summed E-state index contributed by atoms with van der Waals surface area (Å²) in [5.41, 5.74) is 2.39. The molecule has 2 saturated heterocycles. The van der Waals surface area contributed by atoms with Gasteiger partial charge in [-0.2, -0.15) is 0 Å². The summed E-state index contributed by atoms with van der Waals surface area (Å²) >= 11 is 0. The molecule has 3 aliphatic rings. The highest BCUT2D eigenvalue weighted by molar-refractivity contribution is 6.15. The summed E-state index contributed by atoms with van der Waals surface area (Å²) < 4.78 is 5.12. The molecule has 2 aromatic rings. The minimum Gasteiger partial charge on any atom is -0.385 e. The number of hydrogen-bond donors (Lipinski definition) is 2. The molecule has 33 heavy (non-hydrogen) atoms. The van der Waals surface area contributed by atoms with Gasteiger partial charge < -0.3 is 10.1 Å². The van der Waals surface area contributed by atoms with Gasteiger partial charge in [0.2, 0.25) is 17.7 Å². The monoisotopic (exact) mass is 447 g/mol. The van der Waals surface area contributed by atoms with E-state index in [1.54, 1.807) is 7.11 Å². The van der Waals surface area contributed by atoms with Crippen molar-refractivity contribution in [2.24, 2.45) is 11.8 Å². The maximum Gasteiger partial charge on any atom is 0.250 e. The fourth-order valence-electron chi connectivity index (χ4n) is 5.87. The van der Waals surface area contributed by atoms with Crippen molar-refractivity contribution in [3.05, 3.63) is 65.2 Å². The van der Waals surface area contributed by atoms with Crippen LogP contribution in [0.15, 0.2) is 48.5 Å². The predicted octanol–water partition coefficient (Wildman–Crippen LogP) is 2.25. The van der Waals surface area contributed by atoms with Crippen molar-refractivity contribution in [1.82, 2.24) is 10.2 Å². The van der Waals surface area contributed by atoms with Crippen LogP contribution in [0.25, 0.3) is 0 Å². The number of amides is 3. The quantitative estimate of drug-likeness (QED) is 0.502. The summed E-state index contributed by atoms with van der Waals surface area (Å²) in [5.74, 6) is -2.07. The number of likely N-dealkylation sites (tertiary alicyclic amines) is 1. The summed E-state index contributed by atoms with van der Waals surface area (Å²) in [7, 11) is 1.60. The number of para-hydroxylation sites is 1. The lowest BCUT2D eigenvalue weighted by Gasteiger charge is -2.29. The van der Waals surface area contributed by atoms with Crippen LogP contribution in [0.3, 0.4) is 0 Å². The van der Waals surface area contributed by atoms with Crippen LogP contribution in [0.2, 0.25) is 0 Å². The minimum absolute atomic E-state index is 0.195. The van der Waals surface area contributed by atoms with Crippen LogP contribution < -0.4 is 10.6 Å². The van der Waals surface area contributed by atoms with Gasteiger partial charge in [-0.15, -0.1) is 0 Å². The second-order valence-corrected chi connectivity index (χ2v) is 9.07. The first kappa shape index (κ1) is 21.8. The maximum absolute atomic E-state index is 13.7. The molecule has 3 heterocycles. The summed E-state index contributed by atoms with van der Waals surface area (Å²) in [6, 6.07) is 15.4. The zero-order valence-corrected chi connectivity index (χ0v) is 19.0. The van der Waals surface area contributed by atoms with E-state index in [9.17, 15) is 14.4 Å². The van der Waals surface area contributed by atoms with Gasteiger partial charge in [-0.05, 0) is 30.4 Å². The Labute approximate surface area is 193 Å². The molecule has 4 unspecified atom stereocenters. The van der Waals surface area contributed by atoms with Crippen molar-refractivity contribution in [3.63, 3.8) is 0 Å². The number of anilines is 1. The van der Waals surface area contributed by atoms with Crippen molar-refractivity contribution in [1.29, 1.82) is 0 Å². The molecular weight excluding hydrogens is 418 g/mol. The average Bonchev–Trinajstić information content (AvgIpc) is 3.40. The van der Waals surface area contributed by atoms with Crippen molar-refractivity contribution < 1.29 is 19.1 Å². The molecule has 2 aromatic carbocycles. The van der Waals surface area contributed by atoms with Gasteiger partial charge in [-0.1, -0.05) is 55.5 Å². The number of benzene rings is 2. The van der Waals surface area contributed by atoms with Crippen molar-refractivity contribution >= 4 is 23.4 Å². The fourth-order valence-corrected chi connectivity index (χ4v) is 5.87. The van der Waals surface area contributed by atoms with Crippen LogP contribution in [0.4, 0.5) is 5.69 Å². The normalized spacial score (nSPS) is 27.9. The van der Waals surface area contributed by atoms with Crippen molar-refractivity contribution in [3.8, 4) is 0 Å². The summed E-state index contributed by atoms with van der Waals surface area (Å²) in [5, 5.41) is 6.56. The number of carbonyl (C=O) groups is 3. The second-order valence-electron chi connectivity index (χ2n) is 9.07. The molecule has 0 bridgehead atoms. The number of nitrogens with zero attached hydrogens (tertiary/aromatic N) is 1. The van der Waals surface area contributed by atoms with E-state index in [-0.39, 0.29) is 23.8 Å². The largest absolute Gasteiger partial charge is 0.385 e. The third kappa shape index (κ3) is 3.21. The number of methoxy groups -OCH3 is 1. The van der Waals surface area contributed by atoms with E-state index in [2.05, 4.69) is 10.6 Å². The van der Waals surface area contributed by atoms with E-state index in [1.165, 1.54) is 4.90 Å². The van der Waals surface area contributed by atoms with E-state index >= 15 is 0 Å². The minimum atomic E-state index is -1.24. The van der Waals surface area contributed by atoms with E-state index in [4.69, 9.17) is 4.74 Å². The summed E-state index contributed by atoms with van der Waals surface area (Å²) in [4.78, 5) is 42.2. The zero-order valence-electron chi connectivity index (χ0n) is 19.0. The molecule has 172 valence electrons. The van der Waals surface area contributed by atoms with Gasteiger partial charge in [0, 0.05) is 37.6 Å². The van der Waals surface area contributed by atoms with Crippen LogP contribution in [-0.4, -0.2) is 48.9 Å². The molecule has 5 rings (SSSR count). The number of rotatable bonds is 7. The molecule has 3 amide bonds. The van der Waals surface area contributed by atoms with Crippen LogP contribution in [0, 0.1) is 11.8 Å². The summed E-state index contributed by atoms with van der Waals surface area (Å²) in [6.45, 7) is 2.81. The first-order valence-corrected chi connectivity index (χ1v) is 11.6. The Morgan fingerprint density at radius 2 is 1.82 bits per heavy atom. The number of fused-ring (bicyclic) bond motifs is 4. The molecular formula is C26H29N3O4. The predicted molar refractivity (Wildman–Crippen MR) is 123 cm³/mol. The molecule has 0 aromatic heterocycles. The Morgan fingerprint density at radius 1 is 1.03 bits per heavy atom. The van der Waals surface area contributed by atoms with Crippen molar-refractivity contribution in [2.45, 2.75) is 37.8 Å². The number of aryl methyl sites for hydroxylation is 1. The van der Waals surface area contributed by atoms with Gasteiger partial charge in [-0.25, -0.2) is 0 Å². The van der Waals surface area contributed by atoms with Gasteiger partial charge in [0.25, 0.3) is 0 Å². The third-order valence-corrected chi connectivity index (χ3v) is 7.34. The summed E-state index contributed by atoms with van der Waals surface area (Å²) in [6.07, 6.45) is 1.89. The molecule has 7 heteroatoms. The number of hydrogen-bond acceptors (Lipinski definition) is 5. The topological polar surface area (TPSA) is 87.7 Å². The highest BCUT2D eigenvalue weighted by Crippen LogP contribution is 2.53.